The van der Waals surface area contributed by atoms with Gasteiger partial charge in [0.25, 0.3) is 5.91 Å². The van der Waals surface area contributed by atoms with Gasteiger partial charge in [-0.15, -0.1) is 11.8 Å². The number of thiocarbonyl (C=S) groups is 1. The summed E-state index contributed by atoms with van der Waals surface area (Å²) in [5, 5.41) is 3.38. The lowest BCUT2D eigenvalue weighted by molar-refractivity contribution is -0.125. The van der Waals surface area contributed by atoms with Crippen LogP contribution in [0.25, 0.3) is 0 Å². The Morgan fingerprint density at radius 3 is 2.38 bits per heavy atom. The number of hydrogen-bond acceptors (Lipinski definition) is 4. The first-order chi connectivity index (χ1) is 11.1. The maximum Gasteiger partial charge on any atom is 0.270 e. The van der Waals surface area contributed by atoms with Gasteiger partial charge in [0.2, 0.25) is 5.91 Å². The van der Waals surface area contributed by atoms with Gasteiger partial charge in [0.05, 0.1) is 11.3 Å². The number of thioether (sulfide) groups is 1. The van der Waals surface area contributed by atoms with E-state index in [2.05, 4.69) is 16.2 Å². The van der Waals surface area contributed by atoms with Crippen LogP contribution in [0.1, 0.15) is 31.1 Å². The smallest absolute Gasteiger partial charge is 0.270 e. The molecule has 0 aromatic heterocycles. The fourth-order valence-electron chi connectivity index (χ4n) is 1.60. The number of rotatable bonds is 4. The lowest BCUT2D eigenvalue weighted by Gasteiger charge is -2.23. The molecule has 132 valence electrons. The van der Waals surface area contributed by atoms with Crippen molar-refractivity contribution in [3.8, 4) is 0 Å². The predicted octanol–water partition coefficient (Wildman–Crippen LogP) is 1.77. The molecule has 1 rings (SSSR count). The Kier molecular flexibility index (Phi) is 7.50. The van der Waals surface area contributed by atoms with Crippen molar-refractivity contribution in [3.63, 3.8) is 0 Å². The minimum atomic E-state index is -0.312. The highest BCUT2D eigenvalue weighted by molar-refractivity contribution is 8.00. The topological polar surface area (TPSA) is 73.5 Å². The zero-order valence-electron chi connectivity index (χ0n) is 14.6. The molecule has 0 aliphatic heterocycles. The monoisotopic (exact) mass is 368 g/mol. The maximum absolute atomic E-state index is 12.3. The number of hydrogen-bond donors (Lipinski definition) is 3. The molecule has 0 saturated heterocycles. The molecule has 1 aromatic rings. The highest BCUT2D eigenvalue weighted by atomic mass is 32.2. The average molecular weight is 369 g/mol. The summed E-state index contributed by atoms with van der Waals surface area (Å²) >= 11 is 6.45. The van der Waals surface area contributed by atoms with Crippen LogP contribution in [0.2, 0.25) is 0 Å². The van der Waals surface area contributed by atoms with Gasteiger partial charge >= 0.3 is 0 Å². The van der Waals surface area contributed by atoms with E-state index in [1.807, 2.05) is 32.9 Å². The quantitative estimate of drug-likeness (QED) is 0.427. The Labute approximate surface area is 152 Å². The SMILES string of the molecule is CN(C)C(=O)CSc1ccccc1C(=O)NNC(=S)NC(C)(C)C. The van der Waals surface area contributed by atoms with E-state index in [0.717, 1.165) is 4.90 Å². The molecule has 24 heavy (non-hydrogen) atoms. The molecule has 0 fully saturated rings. The van der Waals surface area contributed by atoms with E-state index in [4.69, 9.17) is 12.2 Å². The first kappa shape index (κ1) is 20.2. The number of benzene rings is 1. The maximum atomic E-state index is 12.3. The summed E-state index contributed by atoms with van der Waals surface area (Å²) in [6.07, 6.45) is 0. The van der Waals surface area contributed by atoms with Gasteiger partial charge < -0.3 is 10.2 Å². The summed E-state index contributed by atoms with van der Waals surface area (Å²) in [4.78, 5) is 26.3. The van der Waals surface area contributed by atoms with E-state index in [0.29, 0.717) is 10.7 Å². The second kappa shape index (κ2) is 8.89. The Morgan fingerprint density at radius 1 is 1.17 bits per heavy atom. The number of nitrogens with one attached hydrogen (secondary N) is 3. The first-order valence-electron chi connectivity index (χ1n) is 7.40. The van der Waals surface area contributed by atoms with Crippen LogP contribution in [0.5, 0.6) is 0 Å². The van der Waals surface area contributed by atoms with Gasteiger partial charge in [-0.25, -0.2) is 0 Å². The largest absolute Gasteiger partial charge is 0.357 e. The van der Waals surface area contributed by atoms with Crippen LogP contribution < -0.4 is 16.2 Å². The third-order valence-electron chi connectivity index (χ3n) is 2.76. The van der Waals surface area contributed by atoms with Crippen molar-refractivity contribution < 1.29 is 9.59 Å². The van der Waals surface area contributed by atoms with Crippen molar-refractivity contribution in [1.29, 1.82) is 0 Å². The Bertz CT molecular complexity index is 612. The summed E-state index contributed by atoms with van der Waals surface area (Å²) in [7, 11) is 3.41. The van der Waals surface area contributed by atoms with Gasteiger partial charge in [0, 0.05) is 24.5 Å². The van der Waals surface area contributed by atoms with Gasteiger partial charge in [-0.2, -0.15) is 0 Å². The lowest BCUT2D eigenvalue weighted by atomic mass is 10.1. The molecule has 0 atom stereocenters. The third kappa shape index (κ3) is 7.18. The molecular formula is C16H24N4O2S2. The normalized spacial score (nSPS) is 10.7. The molecule has 0 unspecified atom stereocenters. The fourth-order valence-corrected chi connectivity index (χ4v) is 2.99. The molecular weight excluding hydrogens is 344 g/mol. The second-order valence-corrected chi connectivity index (χ2v) is 7.78. The van der Waals surface area contributed by atoms with Gasteiger partial charge in [-0.1, -0.05) is 12.1 Å². The van der Waals surface area contributed by atoms with E-state index in [9.17, 15) is 9.59 Å². The van der Waals surface area contributed by atoms with Crippen LogP contribution in [-0.4, -0.2) is 47.2 Å². The van der Waals surface area contributed by atoms with Gasteiger partial charge in [0.1, 0.15) is 0 Å². The van der Waals surface area contributed by atoms with Crippen LogP contribution in [-0.2, 0) is 4.79 Å². The molecule has 0 saturated carbocycles. The lowest BCUT2D eigenvalue weighted by Crippen LogP contribution is -2.52. The Balaban J connectivity index is 2.67. The Hall–Kier alpha value is -1.80. The van der Waals surface area contributed by atoms with Crippen LogP contribution in [0, 0.1) is 0 Å². The van der Waals surface area contributed by atoms with Crippen LogP contribution in [0.15, 0.2) is 29.2 Å². The number of nitrogens with zero attached hydrogens (tertiary/aromatic N) is 1. The van der Waals surface area contributed by atoms with Crippen molar-refractivity contribution in [2.24, 2.45) is 0 Å². The number of hydrazine groups is 1. The minimum Gasteiger partial charge on any atom is -0.357 e. The van der Waals surface area contributed by atoms with E-state index in [1.165, 1.54) is 16.7 Å². The molecule has 3 N–H and O–H groups in total. The van der Waals surface area contributed by atoms with Crippen molar-refractivity contribution in [3.05, 3.63) is 29.8 Å². The highest BCUT2D eigenvalue weighted by Gasteiger charge is 2.15. The number of amides is 2. The second-order valence-electron chi connectivity index (χ2n) is 6.36. The zero-order chi connectivity index (χ0) is 18.3. The summed E-state index contributed by atoms with van der Waals surface area (Å²) in [5.41, 5.74) is 5.54. The van der Waals surface area contributed by atoms with Crippen LogP contribution in [0.3, 0.4) is 0 Å². The number of carbonyl (C=O) groups is 2. The average Bonchev–Trinajstić information content (AvgIpc) is 2.48. The molecule has 6 nitrogen and oxygen atoms in total. The van der Waals surface area contributed by atoms with E-state index in [1.54, 1.807) is 26.2 Å². The fraction of sp³-hybridized carbons (Fsp3) is 0.438. The molecule has 8 heteroatoms. The van der Waals surface area contributed by atoms with Crippen LogP contribution in [0.4, 0.5) is 0 Å². The summed E-state index contributed by atoms with van der Waals surface area (Å²) in [6.45, 7) is 5.91. The van der Waals surface area contributed by atoms with Crippen molar-refractivity contribution in [2.75, 3.05) is 19.8 Å². The molecule has 0 aliphatic carbocycles. The number of carbonyl (C=O) groups excluding carboxylic acids is 2. The van der Waals surface area contributed by atoms with Gasteiger partial charge in [0.15, 0.2) is 5.11 Å². The van der Waals surface area contributed by atoms with Crippen molar-refractivity contribution in [2.45, 2.75) is 31.2 Å². The molecule has 1 aromatic carbocycles. The van der Waals surface area contributed by atoms with Crippen molar-refractivity contribution in [1.82, 2.24) is 21.1 Å². The minimum absolute atomic E-state index is 0.0103. The van der Waals surface area contributed by atoms with E-state index < -0.39 is 0 Å². The summed E-state index contributed by atoms with van der Waals surface area (Å²) in [5.74, 6) is -0.0494. The molecule has 0 spiro atoms. The molecule has 0 aliphatic rings. The molecule has 0 bridgehead atoms. The van der Waals surface area contributed by atoms with Gasteiger partial charge in [-0.3, -0.25) is 20.4 Å². The summed E-state index contributed by atoms with van der Waals surface area (Å²) in [6, 6.07) is 7.13. The summed E-state index contributed by atoms with van der Waals surface area (Å²) < 4.78 is 0. The Morgan fingerprint density at radius 2 is 1.79 bits per heavy atom. The van der Waals surface area contributed by atoms with E-state index >= 15 is 0 Å². The highest BCUT2D eigenvalue weighted by Crippen LogP contribution is 2.22. The van der Waals surface area contributed by atoms with Crippen LogP contribution >= 0.6 is 24.0 Å². The molecule has 2 amide bonds. The van der Waals surface area contributed by atoms with Gasteiger partial charge in [-0.05, 0) is 45.1 Å². The third-order valence-corrected chi connectivity index (χ3v) is 4.02. The zero-order valence-corrected chi connectivity index (χ0v) is 16.2. The standard InChI is InChI=1S/C16H24N4O2S2/c1-16(2,3)17-15(23)19-18-14(22)11-8-6-7-9-12(11)24-10-13(21)20(4)5/h6-9H,10H2,1-5H3,(H,18,22)(H2,17,19,23). The molecule has 0 heterocycles. The first-order valence-corrected chi connectivity index (χ1v) is 8.80. The van der Waals surface area contributed by atoms with Crippen molar-refractivity contribution >= 4 is 40.9 Å². The van der Waals surface area contributed by atoms with E-state index in [-0.39, 0.29) is 23.1 Å². The predicted molar refractivity (Wildman–Crippen MR) is 102 cm³/mol. The molecule has 0 radical (unpaired) electrons.